The predicted molar refractivity (Wildman–Crippen MR) is 120 cm³/mol. The van der Waals surface area contributed by atoms with Crippen LogP contribution in [0.2, 0.25) is 0 Å². The summed E-state index contributed by atoms with van der Waals surface area (Å²) in [6, 6.07) is 1.30. The molecule has 0 saturated carbocycles. The van der Waals surface area contributed by atoms with E-state index in [9.17, 15) is 24.4 Å². The highest BCUT2D eigenvalue weighted by molar-refractivity contribution is 5.99. The summed E-state index contributed by atoms with van der Waals surface area (Å²) in [5, 5.41) is 14.9. The van der Waals surface area contributed by atoms with E-state index < -0.39 is 17.1 Å². The maximum absolute atomic E-state index is 13.2. The van der Waals surface area contributed by atoms with Gasteiger partial charge in [-0.1, -0.05) is 20.8 Å². The first-order valence-electron chi connectivity index (χ1n) is 11.2. The van der Waals surface area contributed by atoms with Gasteiger partial charge in [-0.15, -0.1) is 0 Å². The van der Waals surface area contributed by atoms with Crippen molar-refractivity contribution in [3.05, 3.63) is 22.4 Å². The van der Waals surface area contributed by atoms with Crippen molar-refractivity contribution >= 4 is 28.8 Å². The minimum Gasteiger partial charge on any atom is -0.343 e. The molecular weight excluding hydrogens is 440 g/mol. The van der Waals surface area contributed by atoms with Gasteiger partial charge < -0.3 is 15.5 Å². The molecule has 2 saturated heterocycles. The largest absolute Gasteiger partial charge is 0.343 e. The van der Waals surface area contributed by atoms with Gasteiger partial charge in [-0.3, -0.25) is 23.9 Å². The summed E-state index contributed by atoms with van der Waals surface area (Å²) in [5.41, 5.74) is -1.34. The normalized spacial score (nSPS) is 20.2. The van der Waals surface area contributed by atoms with E-state index in [4.69, 9.17) is 0 Å². The lowest BCUT2D eigenvalue weighted by atomic mass is 9.84. The van der Waals surface area contributed by atoms with Crippen LogP contribution < -0.4 is 16.2 Å². The number of hydrogen-bond acceptors (Lipinski definition) is 7. The van der Waals surface area contributed by atoms with Crippen LogP contribution in [0.25, 0.3) is 11.0 Å². The standard InChI is InChI=1S/C22H28N8O4/c1-13-18(32)27-22(20(34)25-13)5-7-28(8-6-22)16(31)11-29-19(33)14-10-24-15(9-23)26-17(14)30(29)12-21(2,3)4/h10,13H,5-8,11-12H2,1-4H3,(H,25,34)(H,27,32). The highest BCUT2D eigenvalue weighted by Crippen LogP contribution is 2.26. The van der Waals surface area contributed by atoms with Crippen LogP contribution in [0, 0.1) is 16.7 Å². The molecular formula is C22H28N8O4. The number of nitriles is 1. The van der Waals surface area contributed by atoms with E-state index in [2.05, 4.69) is 20.6 Å². The molecule has 0 radical (unpaired) electrons. The van der Waals surface area contributed by atoms with Crippen LogP contribution in [0.4, 0.5) is 0 Å². The van der Waals surface area contributed by atoms with Crippen molar-refractivity contribution in [2.24, 2.45) is 5.41 Å². The Hall–Kier alpha value is -3.75. The second-order valence-corrected chi connectivity index (χ2v) is 10.2. The highest BCUT2D eigenvalue weighted by atomic mass is 16.2. The topological polar surface area (TPSA) is 155 Å². The molecule has 2 aromatic rings. The van der Waals surface area contributed by atoms with Crippen LogP contribution >= 0.6 is 0 Å². The molecule has 2 aliphatic rings. The third-order valence-corrected chi connectivity index (χ3v) is 6.29. The number of aromatic nitrogens is 4. The summed E-state index contributed by atoms with van der Waals surface area (Å²) < 4.78 is 2.98. The van der Waals surface area contributed by atoms with Crippen molar-refractivity contribution in [1.29, 1.82) is 5.26 Å². The van der Waals surface area contributed by atoms with Crippen LogP contribution in [-0.2, 0) is 27.5 Å². The van der Waals surface area contributed by atoms with Gasteiger partial charge in [0.05, 0.1) is 0 Å². The first-order valence-corrected chi connectivity index (χ1v) is 11.2. The first-order chi connectivity index (χ1) is 15.9. The van der Waals surface area contributed by atoms with E-state index in [1.807, 2.05) is 26.8 Å². The molecule has 34 heavy (non-hydrogen) atoms. The quantitative estimate of drug-likeness (QED) is 0.616. The van der Waals surface area contributed by atoms with Crippen molar-refractivity contribution in [2.45, 2.75) is 65.2 Å². The minimum absolute atomic E-state index is 0.0536. The average molecular weight is 469 g/mol. The SMILES string of the molecule is CC1NC(=O)C2(CCN(C(=O)Cn3c(=O)c4cnc(C#N)nc4n3CC(C)(C)C)CC2)NC1=O. The summed E-state index contributed by atoms with van der Waals surface area (Å²) >= 11 is 0. The Balaban J connectivity index is 1.58. The minimum atomic E-state index is -1.01. The Labute approximate surface area is 195 Å². The van der Waals surface area contributed by atoms with E-state index in [0.29, 0.717) is 25.0 Å². The van der Waals surface area contributed by atoms with Crippen LogP contribution in [0.3, 0.4) is 0 Å². The molecule has 2 aliphatic heterocycles. The van der Waals surface area contributed by atoms with Gasteiger partial charge in [-0.25, -0.2) is 9.67 Å². The number of carbonyl (C=O) groups is 3. The Morgan fingerprint density at radius 1 is 1.24 bits per heavy atom. The van der Waals surface area contributed by atoms with Gasteiger partial charge in [-0.2, -0.15) is 10.2 Å². The van der Waals surface area contributed by atoms with Crippen molar-refractivity contribution in [3.63, 3.8) is 0 Å². The fourth-order valence-corrected chi connectivity index (χ4v) is 4.42. The summed E-state index contributed by atoms with van der Waals surface area (Å²) in [7, 11) is 0. The summed E-state index contributed by atoms with van der Waals surface area (Å²) in [6.07, 6.45) is 1.90. The first kappa shape index (κ1) is 23.4. The highest BCUT2D eigenvalue weighted by Gasteiger charge is 2.47. The Kier molecular flexibility index (Phi) is 5.67. The van der Waals surface area contributed by atoms with Crippen molar-refractivity contribution in [2.75, 3.05) is 13.1 Å². The van der Waals surface area contributed by atoms with Gasteiger partial charge >= 0.3 is 0 Å². The monoisotopic (exact) mass is 468 g/mol. The van der Waals surface area contributed by atoms with Gasteiger partial charge in [0.1, 0.15) is 29.6 Å². The lowest BCUT2D eigenvalue weighted by Crippen LogP contribution is -2.71. The fraction of sp³-hybridized carbons (Fsp3) is 0.591. The predicted octanol–water partition coefficient (Wildman–Crippen LogP) is -0.494. The summed E-state index contributed by atoms with van der Waals surface area (Å²) in [4.78, 5) is 60.7. The van der Waals surface area contributed by atoms with Crippen LogP contribution in [-0.4, -0.2) is 66.6 Å². The molecule has 0 bridgehead atoms. The average Bonchev–Trinajstić information content (AvgIpc) is 3.02. The molecule has 2 aromatic heterocycles. The van der Waals surface area contributed by atoms with E-state index in [1.54, 1.807) is 16.5 Å². The molecule has 1 atom stereocenters. The molecule has 2 fully saturated rings. The maximum atomic E-state index is 13.2. The third-order valence-electron chi connectivity index (χ3n) is 6.29. The zero-order valence-corrected chi connectivity index (χ0v) is 19.7. The molecule has 4 heterocycles. The van der Waals surface area contributed by atoms with E-state index in [1.165, 1.54) is 10.9 Å². The number of fused-ring (bicyclic) bond motifs is 1. The van der Waals surface area contributed by atoms with Crippen molar-refractivity contribution in [1.82, 2.24) is 34.9 Å². The van der Waals surface area contributed by atoms with Gasteiger partial charge in [0.2, 0.25) is 23.5 Å². The van der Waals surface area contributed by atoms with E-state index >= 15 is 0 Å². The van der Waals surface area contributed by atoms with E-state index in [-0.39, 0.29) is 54.0 Å². The number of likely N-dealkylation sites (tertiary alicyclic amines) is 1. The lowest BCUT2D eigenvalue weighted by molar-refractivity contribution is -0.145. The van der Waals surface area contributed by atoms with Crippen LogP contribution in [0.5, 0.6) is 0 Å². The molecule has 180 valence electrons. The third kappa shape index (κ3) is 4.13. The molecule has 0 aliphatic carbocycles. The number of rotatable bonds is 3. The van der Waals surface area contributed by atoms with Crippen LogP contribution in [0.1, 0.15) is 46.4 Å². The molecule has 4 rings (SSSR count). The smallest absolute Gasteiger partial charge is 0.278 e. The molecule has 1 spiro atoms. The molecule has 3 amide bonds. The van der Waals surface area contributed by atoms with Gasteiger partial charge in [0, 0.05) is 25.8 Å². The van der Waals surface area contributed by atoms with Gasteiger partial charge in [-0.05, 0) is 25.2 Å². The Morgan fingerprint density at radius 2 is 1.91 bits per heavy atom. The van der Waals surface area contributed by atoms with Crippen molar-refractivity contribution < 1.29 is 14.4 Å². The number of amides is 3. The van der Waals surface area contributed by atoms with Crippen LogP contribution in [0.15, 0.2) is 11.0 Å². The lowest BCUT2D eigenvalue weighted by Gasteiger charge is -2.44. The Morgan fingerprint density at radius 3 is 2.53 bits per heavy atom. The number of piperazine rings is 1. The number of carbonyl (C=O) groups excluding carboxylic acids is 3. The molecule has 0 aromatic carbocycles. The summed E-state index contributed by atoms with van der Waals surface area (Å²) in [6.45, 7) is 8.34. The number of nitrogens with zero attached hydrogens (tertiary/aromatic N) is 6. The van der Waals surface area contributed by atoms with Crippen molar-refractivity contribution in [3.8, 4) is 6.07 Å². The number of nitrogens with one attached hydrogen (secondary N) is 2. The molecule has 2 N–H and O–H groups in total. The molecule has 12 heteroatoms. The zero-order valence-electron chi connectivity index (χ0n) is 19.7. The number of piperidine rings is 1. The van der Waals surface area contributed by atoms with E-state index in [0.717, 1.165) is 0 Å². The maximum Gasteiger partial charge on any atom is 0.278 e. The zero-order chi connectivity index (χ0) is 24.8. The Bertz CT molecular complexity index is 1270. The van der Waals surface area contributed by atoms with Gasteiger partial charge in [0.15, 0.2) is 5.65 Å². The second-order valence-electron chi connectivity index (χ2n) is 10.2. The molecule has 1 unspecified atom stereocenters. The summed E-state index contributed by atoms with van der Waals surface area (Å²) in [5.74, 6) is -0.808. The molecule has 12 nitrogen and oxygen atoms in total. The van der Waals surface area contributed by atoms with Gasteiger partial charge in [0.25, 0.3) is 5.56 Å². The number of hydrogen-bond donors (Lipinski definition) is 2. The second kappa shape index (κ2) is 8.23. The fourth-order valence-electron chi connectivity index (χ4n) is 4.42.